The maximum absolute atomic E-state index is 14.0. The van der Waals surface area contributed by atoms with Crippen LogP contribution in [-0.2, 0) is 0 Å². The van der Waals surface area contributed by atoms with E-state index in [1.165, 1.54) is 16.8 Å². The molecule has 0 spiro atoms. The highest BCUT2D eigenvalue weighted by Gasteiger charge is 2.20. The van der Waals surface area contributed by atoms with Gasteiger partial charge < -0.3 is 10.1 Å². The lowest BCUT2D eigenvalue weighted by molar-refractivity contribution is 0.101. The van der Waals surface area contributed by atoms with Crippen LogP contribution in [0.4, 0.5) is 10.1 Å². The summed E-state index contributed by atoms with van der Waals surface area (Å²) in [5, 5.41) is 7.62. The van der Waals surface area contributed by atoms with Crippen molar-refractivity contribution in [2.75, 3.05) is 12.4 Å². The number of anilines is 1. The predicted molar refractivity (Wildman–Crippen MR) is 115 cm³/mol. The molecule has 0 bridgehead atoms. The number of nitrogens with zero attached hydrogens (tertiary/aromatic N) is 2. The van der Waals surface area contributed by atoms with Crippen molar-refractivity contribution in [2.24, 2.45) is 0 Å². The summed E-state index contributed by atoms with van der Waals surface area (Å²) in [6.07, 6.45) is 0. The van der Waals surface area contributed by atoms with E-state index in [0.717, 1.165) is 5.56 Å². The quantitative estimate of drug-likeness (QED) is 0.456. The van der Waals surface area contributed by atoms with Gasteiger partial charge in [-0.25, -0.2) is 9.07 Å². The largest absolute Gasteiger partial charge is 0.497 e. The minimum absolute atomic E-state index is 0.0809. The number of methoxy groups -OCH3 is 1. The number of carbonyl (C=O) groups is 1. The second kappa shape index (κ2) is 8.39. The summed E-state index contributed by atoms with van der Waals surface area (Å²) in [6, 6.07) is 22.0. The zero-order chi connectivity index (χ0) is 21.1. The van der Waals surface area contributed by atoms with E-state index in [2.05, 4.69) is 10.4 Å². The van der Waals surface area contributed by atoms with Crippen molar-refractivity contribution in [3.63, 3.8) is 0 Å². The molecule has 0 aliphatic carbocycles. The molecular weight excluding hydrogens is 405 g/mol. The topological polar surface area (TPSA) is 56.1 Å². The summed E-state index contributed by atoms with van der Waals surface area (Å²) in [7, 11) is 1.58. The average Bonchev–Trinajstić information content (AvgIpc) is 3.21. The van der Waals surface area contributed by atoms with Crippen LogP contribution in [0.1, 0.15) is 10.5 Å². The molecule has 0 saturated heterocycles. The summed E-state index contributed by atoms with van der Waals surface area (Å²) in [5.41, 5.74) is 2.14. The Morgan fingerprint density at radius 1 is 1.03 bits per heavy atom. The van der Waals surface area contributed by atoms with Crippen LogP contribution in [0.25, 0.3) is 16.9 Å². The van der Waals surface area contributed by atoms with Gasteiger partial charge in [-0.15, -0.1) is 0 Å². The molecule has 7 heteroatoms. The highest BCUT2D eigenvalue weighted by molar-refractivity contribution is 6.32. The monoisotopic (exact) mass is 421 g/mol. The highest BCUT2D eigenvalue weighted by atomic mass is 35.5. The van der Waals surface area contributed by atoms with Crippen LogP contribution < -0.4 is 10.1 Å². The number of halogens is 2. The lowest BCUT2D eigenvalue weighted by Gasteiger charge is -2.10. The van der Waals surface area contributed by atoms with E-state index >= 15 is 0 Å². The predicted octanol–water partition coefficient (Wildman–Crippen LogP) is 5.59. The molecule has 1 aromatic heterocycles. The molecule has 1 amide bonds. The third kappa shape index (κ3) is 3.90. The van der Waals surface area contributed by atoms with Crippen LogP contribution in [0.5, 0.6) is 5.75 Å². The molecule has 0 unspecified atom stereocenters. The maximum Gasteiger partial charge on any atom is 0.274 e. The highest BCUT2D eigenvalue weighted by Crippen LogP contribution is 2.28. The van der Waals surface area contributed by atoms with Gasteiger partial charge in [0.2, 0.25) is 0 Å². The third-order valence-electron chi connectivity index (χ3n) is 4.51. The molecule has 0 aliphatic rings. The van der Waals surface area contributed by atoms with Gasteiger partial charge in [0.25, 0.3) is 5.91 Å². The first kappa shape index (κ1) is 19.7. The van der Waals surface area contributed by atoms with Crippen LogP contribution >= 0.6 is 11.6 Å². The third-order valence-corrected chi connectivity index (χ3v) is 4.83. The van der Waals surface area contributed by atoms with Crippen LogP contribution in [0.2, 0.25) is 5.02 Å². The van der Waals surface area contributed by atoms with Gasteiger partial charge in [-0.3, -0.25) is 4.79 Å². The summed E-state index contributed by atoms with van der Waals surface area (Å²) < 4.78 is 20.8. The summed E-state index contributed by atoms with van der Waals surface area (Å²) in [6.45, 7) is 0. The number of rotatable bonds is 5. The number of nitrogens with one attached hydrogen (secondary N) is 1. The van der Waals surface area contributed by atoms with Gasteiger partial charge in [0, 0.05) is 5.56 Å². The van der Waals surface area contributed by atoms with E-state index < -0.39 is 11.7 Å². The first-order valence-corrected chi connectivity index (χ1v) is 9.50. The molecule has 0 atom stereocenters. The molecule has 30 heavy (non-hydrogen) atoms. The lowest BCUT2D eigenvalue weighted by Crippen LogP contribution is -2.17. The Labute approximate surface area is 177 Å². The van der Waals surface area contributed by atoms with Crippen molar-refractivity contribution in [1.29, 1.82) is 0 Å². The molecular formula is C23H17ClFN3O2. The smallest absolute Gasteiger partial charge is 0.274 e. The number of carbonyl (C=O) groups excluding carboxylic acids is 1. The van der Waals surface area contributed by atoms with Crippen LogP contribution in [0.3, 0.4) is 0 Å². The Morgan fingerprint density at radius 2 is 1.80 bits per heavy atom. The van der Waals surface area contributed by atoms with Crippen molar-refractivity contribution in [1.82, 2.24) is 9.78 Å². The number of benzene rings is 3. The zero-order valence-electron chi connectivity index (χ0n) is 16.0. The zero-order valence-corrected chi connectivity index (χ0v) is 16.7. The fraction of sp³-hybridized carbons (Fsp3) is 0.0435. The van der Waals surface area contributed by atoms with Crippen LogP contribution in [0.15, 0.2) is 78.9 Å². The first-order chi connectivity index (χ1) is 14.6. The summed E-state index contributed by atoms with van der Waals surface area (Å²) in [5.74, 6) is -0.374. The Balaban J connectivity index is 1.81. The molecule has 3 aromatic carbocycles. The Kier molecular flexibility index (Phi) is 5.50. The molecule has 4 aromatic rings. The van der Waals surface area contributed by atoms with Crippen molar-refractivity contribution in [2.45, 2.75) is 0 Å². The Morgan fingerprint density at radius 3 is 2.57 bits per heavy atom. The molecule has 1 N–H and O–H groups in total. The molecule has 150 valence electrons. The average molecular weight is 422 g/mol. The first-order valence-electron chi connectivity index (χ1n) is 9.12. The number of hydrogen-bond donors (Lipinski definition) is 1. The molecule has 0 radical (unpaired) electrons. The summed E-state index contributed by atoms with van der Waals surface area (Å²) in [4.78, 5) is 13.0. The maximum atomic E-state index is 14.0. The molecule has 5 nitrogen and oxygen atoms in total. The van der Waals surface area contributed by atoms with E-state index in [-0.39, 0.29) is 11.4 Å². The van der Waals surface area contributed by atoms with Gasteiger partial charge in [-0.1, -0.05) is 48.0 Å². The van der Waals surface area contributed by atoms with Crippen molar-refractivity contribution in [3.8, 4) is 22.7 Å². The van der Waals surface area contributed by atoms with E-state index in [0.29, 0.717) is 22.2 Å². The van der Waals surface area contributed by atoms with Crippen LogP contribution in [-0.4, -0.2) is 22.8 Å². The molecule has 4 rings (SSSR count). The molecule has 0 saturated carbocycles. The number of para-hydroxylation sites is 2. The number of aromatic nitrogens is 2. The number of ether oxygens (including phenoxy) is 1. The minimum Gasteiger partial charge on any atom is -0.497 e. The molecule has 1 heterocycles. The van der Waals surface area contributed by atoms with Crippen LogP contribution in [0, 0.1) is 5.82 Å². The fourth-order valence-corrected chi connectivity index (χ4v) is 3.24. The van der Waals surface area contributed by atoms with E-state index in [1.54, 1.807) is 49.6 Å². The van der Waals surface area contributed by atoms with Gasteiger partial charge in [-0.05, 0) is 42.5 Å². The lowest BCUT2D eigenvalue weighted by atomic mass is 10.1. The SMILES string of the molecule is COc1cccc(-c2cc(C(=O)Nc3ccccc3F)n(-c3ccccc3Cl)n2)c1. The standard InChI is InChI=1S/C23H17ClFN3O2/c1-30-16-8-6-7-15(13-16)20-14-22(23(29)26-19-11-4-3-10-18(19)25)28(27-20)21-12-5-2-9-17(21)24/h2-14H,1H3,(H,26,29). The molecule has 0 fully saturated rings. The number of amides is 1. The second-order valence-electron chi connectivity index (χ2n) is 6.44. The van der Waals surface area contributed by atoms with Gasteiger partial charge in [0.1, 0.15) is 17.3 Å². The Bertz CT molecular complexity index is 1220. The van der Waals surface area contributed by atoms with Gasteiger partial charge in [-0.2, -0.15) is 5.10 Å². The van der Waals surface area contributed by atoms with E-state index in [4.69, 9.17) is 16.3 Å². The van der Waals surface area contributed by atoms with E-state index in [1.807, 2.05) is 24.3 Å². The minimum atomic E-state index is -0.525. The number of hydrogen-bond acceptors (Lipinski definition) is 3. The Hall–Kier alpha value is -3.64. The van der Waals surface area contributed by atoms with E-state index in [9.17, 15) is 9.18 Å². The van der Waals surface area contributed by atoms with Crippen molar-refractivity contribution in [3.05, 3.63) is 95.4 Å². The molecule has 0 aliphatic heterocycles. The van der Waals surface area contributed by atoms with Gasteiger partial charge in [0.15, 0.2) is 0 Å². The van der Waals surface area contributed by atoms with Gasteiger partial charge >= 0.3 is 0 Å². The van der Waals surface area contributed by atoms with Crippen molar-refractivity contribution < 1.29 is 13.9 Å². The van der Waals surface area contributed by atoms with Crippen molar-refractivity contribution >= 4 is 23.2 Å². The fourth-order valence-electron chi connectivity index (χ4n) is 3.02. The van der Waals surface area contributed by atoms with Gasteiger partial charge in [0.05, 0.1) is 29.2 Å². The second-order valence-corrected chi connectivity index (χ2v) is 6.85. The summed E-state index contributed by atoms with van der Waals surface area (Å²) >= 11 is 6.35. The normalized spacial score (nSPS) is 10.6.